The Hall–Kier alpha value is -3.11. The Balaban J connectivity index is 2.37. The number of aromatic amines is 1. The molecule has 2 aromatic rings. The van der Waals surface area contributed by atoms with Crippen molar-refractivity contribution in [2.75, 3.05) is 0 Å². The molecule has 0 aliphatic rings. The van der Waals surface area contributed by atoms with Gasteiger partial charge in [-0.25, -0.2) is 9.68 Å². The summed E-state index contributed by atoms with van der Waals surface area (Å²) in [5.74, 6) is -1.43. The average Bonchev–Trinajstić information content (AvgIpc) is 3.04. The van der Waals surface area contributed by atoms with Crippen LogP contribution < -0.4 is 4.89 Å². The molecule has 24 heavy (non-hydrogen) atoms. The second-order valence-corrected chi connectivity index (χ2v) is 4.49. The predicted molar refractivity (Wildman–Crippen MR) is 72.1 cm³/mol. The molecule has 0 radical (unpaired) electrons. The highest BCUT2D eigenvalue weighted by Gasteiger charge is 2.42. The van der Waals surface area contributed by atoms with Gasteiger partial charge in [0.2, 0.25) is 0 Å². The number of nitrogens with one attached hydrogen (secondary N) is 1. The molecular formula is C13H10F3N3O5. The molecule has 0 saturated heterocycles. The summed E-state index contributed by atoms with van der Waals surface area (Å²) in [6.45, 7) is 1.36. The number of alkyl halides is 3. The zero-order chi connectivity index (χ0) is 17.9. The standard InChI is InChI=1S/C13H10F3N3O5/c1-2-8-10(23-24-12(20)7-5-17-18-6-7)4-3-9(19(21)22)11(8)13(14,15)16/h3-6H,2H2,1H3,(H,17,18). The summed E-state index contributed by atoms with van der Waals surface area (Å²) >= 11 is 0. The van der Waals surface area contributed by atoms with Gasteiger partial charge in [-0.15, -0.1) is 0 Å². The van der Waals surface area contributed by atoms with E-state index in [-0.39, 0.29) is 12.0 Å². The van der Waals surface area contributed by atoms with Crippen LogP contribution in [-0.2, 0) is 17.5 Å². The van der Waals surface area contributed by atoms with Gasteiger partial charge in [0.05, 0.1) is 11.1 Å². The Labute approximate surface area is 132 Å². The second kappa shape index (κ2) is 6.56. The van der Waals surface area contributed by atoms with E-state index in [1.807, 2.05) is 0 Å². The number of aromatic nitrogens is 2. The summed E-state index contributed by atoms with van der Waals surface area (Å²) in [5.41, 5.74) is -3.04. The topological polar surface area (TPSA) is 107 Å². The van der Waals surface area contributed by atoms with Crippen molar-refractivity contribution in [1.82, 2.24) is 10.2 Å². The minimum atomic E-state index is -4.97. The first-order valence-electron chi connectivity index (χ1n) is 6.50. The van der Waals surface area contributed by atoms with Crippen LogP contribution in [0.15, 0.2) is 24.5 Å². The van der Waals surface area contributed by atoms with Crippen molar-refractivity contribution in [1.29, 1.82) is 0 Å². The van der Waals surface area contributed by atoms with Crippen molar-refractivity contribution < 1.29 is 32.7 Å². The van der Waals surface area contributed by atoms with E-state index in [0.29, 0.717) is 6.07 Å². The largest absolute Gasteiger partial charge is 0.423 e. The first kappa shape index (κ1) is 17.2. The smallest absolute Gasteiger partial charge is 0.286 e. The van der Waals surface area contributed by atoms with E-state index in [0.717, 1.165) is 12.3 Å². The molecule has 0 unspecified atom stereocenters. The fourth-order valence-corrected chi connectivity index (χ4v) is 2.01. The lowest BCUT2D eigenvalue weighted by atomic mass is 10.0. The van der Waals surface area contributed by atoms with Gasteiger partial charge in [0.15, 0.2) is 5.75 Å². The van der Waals surface area contributed by atoms with Crippen LogP contribution in [0.3, 0.4) is 0 Å². The van der Waals surface area contributed by atoms with Crippen LogP contribution in [0.2, 0.25) is 0 Å². The monoisotopic (exact) mass is 345 g/mol. The molecule has 0 amide bonds. The molecular weight excluding hydrogens is 335 g/mol. The Bertz CT molecular complexity index is 759. The highest BCUT2D eigenvalue weighted by atomic mass is 19.4. The lowest BCUT2D eigenvalue weighted by Gasteiger charge is -2.15. The Kier molecular flexibility index (Phi) is 4.71. The van der Waals surface area contributed by atoms with E-state index >= 15 is 0 Å². The molecule has 8 nitrogen and oxygen atoms in total. The van der Waals surface area contributed by atoms with Crippen LogP contribution in [0.1, 0.15) is 28.4 Å². The summed E-state index contributed by atoms with van der Waals surface area (Å²) < 4.78 is 39.5. The number of nitro groups is 1. The third-order valence-corrected chi connectivity index (χ3v) is 3.02. The molecule has 128 valence electrons. The molecule has 1 heterocycles. The van der Waals surface area contributed by atoms with Gasteiger partial charge in [-0.05, 0) is 12.5 Å². The summed E-state index contributed by atoms with van der Waals surface area (Å²) in [4.78, 5) is 30.4. The third-order valence-electron chi connectivity index (χ3n) is 3.02. The fraction of sp³-hybridized carbons (Fsp3) is 0.231. The van der Waals surface area contributed by atoms with E-state index in [1.54, 1.807) is 0 Å². The fourth-order valence-electron chi connectivity index (χ4n) is 2.01. The minimum absolute atomic E-state index is 0.00833. The summed E-state index contributed by atoms with van der Waals surface area (Å²) in [6.07, 6.45) is -2.87. The van der Waals surface area contributed by atoms with Crippen molar-refractivity contribution >= 4 is 11.7 Å². The lowest BCUT2D eigenvalue weighted by molar-refractivity contribution is -0.388. The lowest BCUT2D eigenvalue weighted by Crippen LogP contribution is -2.15. The van der Waals surface area contributed by atoms with Crippen LogP contribution >= 0.6 is 0 Å². The molecule has 1 N–H and O–H groups in total. The van der Waals surface area contributed by atoms with Crippen molar-refractivity contribution in [2.45, 2.75) is 19.5 Å². The van der Waals surface area contributed by atoms with Crippen LogP contribution in [0.5, 0.6) is 5.75 Å². The third kappa shape index (κ3) is 3.45. The molecule has 2 rings (SSSR count). The van der Waals surface area contributed by atoms with Gasteiger partial charge < -0.3 is 0 Å². The molecule has 0 saturated carbocycles. The molecule has 1 aromatic heterocycles. The van der Waals surface area contributed by atoms with E-state index < -0.39 is 39.6 Å². The van der Waals surface area contributed by atoms with Crippen LogP contribution in [0.4, 0.5) is 18.9 Å². The van der Waals surface area contributed by atoms with Crippen molar-refractivity contribution in [3.8, 4) is 5.75 Å². The number of rotatable bonds is 5. The number of hydrogen-bond donors (Lipinski definition) is 1. The molecule has 0 aliphatic carbocycles. The van der Waals surface area contributed by atoms with Gasteiger partial charge in [0, 0.05) is 17.8 Å². The van der Waals surface area contributed by atoms with Gasteiger partial charge in [-0.1, -0.05) is 6.92 Å². The number of nitro benzene ring substituents is 1. The summed E-state index contributed by atoms with van der Waals surface area (Å²) in [6, 6.07) is 1.58. The summed E-state index contributed by atoms with van der Waals surface area (Å²) in [7, 11) is 0. The van der Waals surface area contributed by atoms with Crippen LogP contribution in [0.25, 0.3) is 0 Å². The van der Waals surface area contributed by atoms with Crippen molar-refractivity contribution in [3.05, 3.63) is 51.3 Å². The SMILES string of the molecule is CCc1c(OOC(=O)c2cn[nH]c2)ccc([N+](=O)[O-])c1C(F)(F)F. The normalized spacial score (nSPS) is 11.2. The first-order valence-corrected chi connectivity index (χ1v) is 6.50. The number of halogens is 3. The zero-order valence-electron chi connectivity index (χ0n) is 12.1. The average molecular weight is 345 g/mol. The zero-order valence-corrected chi connectivity index (χ0v) is 12.1. The molecule has 11 heteroatoms. The maximum atomic E-state index is 13.2. The molecule has 0 atom stereocenters. The maximum Gasteiger partial charge on any atom is 0.423 e. The molecule has 0 spiro atoms. The van der Waals surface area contributed by atoms with Gasteiger partial charge in [0.1, 0.15) is 11.1 Å². The minimum Gasteiger partial charge on any atom is -0.286 e. The number of benzene rings is 1. The highest BCUT2D eigenvalue weighted by molar-refractivity contribution is 5.88. The van der Waals surface area contributed by atoms with E-state index in [2.05, 4.69) is 20.0 Å². The van der Waals surface area contributed by atoms with Gasteiger partial charge >= 0.3 is 12.1 Å². The van der Waals surface area contributed by atoms with Crippen LogP contribution in [0, 0.1) is 10.1 Å². The molecule has 0 aliphatic heterocycles. The number of carbonyl (C=O) groups excluding carboxylic acids is 1. The van der Waals surface area contributed by atoms with E-state index in [9.17, 15) is 28.1 Å². The van der Waals surface area contributed by atoms with Crippen molar-refractivity contribution in [3.63, 3.8) is 0 Å². The van der Waals surface area contributed by atoms with Gasteiger partial charge in [0.25, 0.3) is 5.69 Å². The Morgan fingerprint density at radius 3 is 2.62 bits per heavy atom. The highest BCUT2D eigenvalue weighted by Crippen LogP contribution is 2.42. The quantitative estimate of drug-likeness (QED) is 0.507. The van der Waals surface area contributed by atoms with Crippen LogP contribution in [-0.4, -0.2) is 21.1 Å². The Morgan fingerprint density at radius 1 is 1.42 bits per heavy atom. The van der Waals surface area contributed by atoms with E-state index in [4.69, 9.17) is 0 Å². The Morgan fingerprint density at radius 2 is 2.12 bits per heavy atom. The molecule has 1 aromatic carbocycles. The number of carbonyl (C=O) groups is 1. The number of nitrogens with zero attached hydrogens (tertiary/aromatic N) is 2. The predicted octanol–water partition coefficient (Wildman–Crippen LogP) is 3.05. The van der Waals surface area contributed by atoms with Gasteiger partial charge in [-0.2, -0.15) is 18.3 Å². The summed E-state index contributed by atoms with van der Waals surface area (Å²) in [5, 5.41) is 16.7. The first-order chi connectivity index (χ1) is 11.3. The molecule has 0 bridgehead atoms. The number of hydrogen-bond acceptors (Lipinski definition) is 6. The van der Waals surface area contributed by atoms with E-state index in [1.165, 1.54) is 13.1 Å². The number of H-pyrrole nitrogens is 1. The molecule has 0 fully saturated rings. The maximum absolute atomic E-state index is 13.2. The van der Waals surface area contributed by atoms with Crippen molar-refractivity contribution in [2.24, 2.45) is 0 Å². The second-order valence-electron chi connectivity index (χ2n) is 4.49. The van der Waals surface area contributed by atoms with Gasteiger partial charge in [-0.3, -0.25) is 20.1 Å².